The van der Waals surface area contributed by atoms with Crippen LogP contribution in [0.3, 0.4) is 0 Å². The zero-order valence-electron chi connectivity index (χ0n) is 18.5. The van der Waals surface area contributed by atoms with Gasteiger partial charge in [0.05, 0.1) is 17.1 Å². The molecule has 1 amide bonds. The molecule has 4 aromatic rings. The van der Waals surface area contributed by atoms with Crippen molar-refractivity contribution in [1.82, 2.24) is 20.2 Å². The number of nitrogens with one attached hydrogen (secondary N) is 3. The molecule has 4 rings (SSSR count). The Morgan fingerprint density at radius 3 is 2.55 bits per heavy atom. The molecular formula is C24H24N6O3. The highest BCUT2D eigenvalue weighted by atomic mass is 16.4. The lowest BCUT2D eigenvalue weighted by Crippen LogP contribution is -2.13. The fraction of sp³-hybridized carbons (Fsp3) is 0.208. The van der Waals surface area contributed by atoms with E-state index in [0.29, 0.717) is 28.1 Å². The number of nitrogens with zero attached hydrogens (tertiary/aromatic N) is 3. The van der Waals surface area contributed by atoms with Crippen LogP contribution in [-0.2, 0) is 0 Å². The van der Waals surface area contributed by atoms with Gasteiger partial charge in [0.25, 0.3) is 5.91 Å². The molecule has 0 saturated heterocycles. The fourth-order valence-electron chi connectivity index (χ4n) is 3.49. The second kappa shape index (κ2) is 9.07. The summed E-state index contributed by atoms with van der Waals surface area (Å²) in [6.45, 7) is 6.01. The van der Waals surface area contributed by atoms with Crippen LogP contribution in [0.25, 0.3) is 10.9 Å². The molecule has 0 aliphatic heterocycles. The van der Waals surface area contributed by atoms with E-state index in [2.05, 4.69) is 30.8 Å². The third kappa shape index (κ3) is 4.67. The number of carbonyl (C=O) groups is 2. The van der Waals surface area contributed by atoms with Crippen LogP contribution in [0.5, 0.6) is 0 Å². The number of hydrogen-bond acceptors (Lipinski definition) is 6. The predicted molar refractivity (Wildman–Crippen MR) is 126 cm³/mol. The number of carboxylic acid groups (broad SMARTS) is 1. The Balaban J connectivity index is 1.53. The van der Waals surface area contributed by atoms with Crippen molar-refractivity contribution in [2.45, 2.75) is 32.7 Å². The zero-order valence-corrected chi connectivity index (χ0v) is 18.5. The Morgan fingerprint density at radius 1 is 1.03 bits per heavy atom. The number of carboxylic acids is 1. The van der Waals surface area contributed by atoms with Crippen LogP contribution in [0.2, 0.25) is 0 Å². The Labute approximate surface area is 190 Å². The molecule has 9 nitrogen and oxygen atoms in total. The number of aromatic amines is 1. The maximum absolute atomic E-state index is 12.6. The van der Waals surface area contributed by atoms with Gasteiger partial charge in [-0.1, -0.05) is 32.0 Å². The first kappa shape index (κ1) is 21.9. The number of rotatable bonds is 7. The number of anilines is 2. The average molecular weight is 444 g/mol. The Morgan fingerprint density at radius 2 is 1.82 bits per heavy atom. The monoisotopic (exact) mass is 444 g/mol. The maximum atomic E-state index is 12.6. The van der Waals surface area contributed by atoms with Crippen LogP contribution < -0.4 is 10.6 Å². The molecule has 9 heteroatoms. The van der Waals surface area contributed by atoms with Crippen molar-refractivity contribution < 1.29 is 14.7 Å². The molecule has 0 saturated carbocycles. The lowest BCUT2D eigenvalue weighted by Gasteiger charge is -2.17. The molecule has 0 aliphatic rings. The molecule has 0 bridgehead atoms. The van der Waals surface area contributed by atoms with Crippen molar-refractivity contribution in [3.05, 3.63) is 77.4 Å². The van der Waals surface area contributed by atoms with Crippen molar-refractivity contribution in [3.8, 4) is 0 Å². The minimum Gasteiger partial charge on any atom is -0.478 e. The van der Waals surface area contributed by atoms with E-state index in [0.717, 1.165) is 11.3 Å². The lowest BCUT2D eigenvalue weighted by atomic mass is 10.1. The number of aromatic carboxylic acids is 1. The van der Waals surface area contributed by atoms with Crippen molar-refractivity contribution >= 4 is 34.3 Å². The number of amides is 1. The highest BCUT2D eigenvalue weighted by molar-refractivity contribution is 6.04. The van der Waals surface area contributed by atoms with E-state index >= 15 is 0 Å². The third-order valence-corrected chi connectivity index (χ3v) is 5.35. The van der Waals surface area contributed by atoms with Crippen LogP contribution in [0.1, 0.15) is 64.8 Å². The van der Waals surface area contributed by atoms with E-state index in [1.807, 2.05) is 45.0 Å². The predicted octanol–water partition coefficient (Wildman–Crippen LogP) is 4.60. The molecule has 0 spiro atoms. The summed E-state index contributed by atoms with van der Waals surface area (Å²) in [5, 5.41) is 23.2. The molecule has 0 fully saturated rings. The summed E-state index contributed by atoms with van der Waals surface area (Å²) in [7, 11) is 0. The molecule has 4 N–H and O–H groups in total. The van der Waals surface area contributed by atoms with Crippen LogP contribution in [-0.4, -0.2) is 37.1 Å². The van der Waals surface area contributed by atoms with Crippen LogP contribution in [0, 0.1) is 0 Å². The first-order chi connectivity index (χ1) is 15.8. The van der Waals surface area contributed by atoms with Gasteiger partial charge in [0.15, 0.2) is 5.69 Å². The molecule has 2 aromatic heterocycles. The molecule has 0 unspecified atom stereocenters. The van der Waals surface area contributed by atoms with Gasteiger partial charge in [-0.05, 0) is 48.7 Å². The van der Waals surface area contributed by atoms with Crippen molar-refractivity contribution in [3.63, 3.8) is 0 Å². The molecule has 2 heterocycles. The van der Waals surface area contributed by atoms with Gasteiger partial charge in [0.1, 0.15) is 12.1 Å². The SMILES string of the molecule is CC(C)c1cc(C(=O)Nc2cccc([C@@H](C)Nc3ncnc4c(C(=O)O)cccc34)c2)n[nH]1. The summed E-state index contributed by atoms with van der Waals surface area (Å²) in [5.41, 5.74) is 3.27. The van der Waals surface area contributed by atoms with Crippen LogP contribution in [0.4, 0.5) is 11.5 Å². The standard InChI is InChI=1S/C24H24N6O3/c1-13(2)19-11-20(30-29-19)23(31)28-16-7-4-6-15(10-16)14(3)27-22-17-8-5-9-18(24(32)33)21(17)25-12-26-22/h4-14H,1-3H3,(H,28,31)(H,29,30)(H,32,33)(H,25,26,27)/t14-/m1/s1. The van der Waals surface area contributed by atoms with Crippen LogP contribution >= 0.6 is 0 Å². The van der Waals surface area contributed by atoms with E-state index in [4.69, 9.17) is 0 Å². The van der Waals surface area contributed by atoms with Crippen LogP contribution in [0.15, 0.2) is 54.9 Å². The summed E-state index contributed by atoms with van der Waals surface area (Å²) in [6, 6.07) is 14.0. The summed E-state index contributed by atoms with van der Waals surface area (Å²) < 4.78 is 0. The number of para-hydroxylation sites is 1. The number of carbonyl (C=O) groups excluding carboxylic acids is 1. The topological polar surface area (TPSA) is 133 Å². The molecule has 0 radical (unpaired) electrons. The van der Waals surface area contributed by atoms with E-state index in [1.54, 1.807) is 18.2 Å². The van der Waals surface area contributed by atoms with Crippen molar-refractivity contribution in [2.75, 3.05) is 10.6 Å². The summed E-state index contributed by atoms with van der Waals surface area (Å²) in [4.78, 5) is 32.5. The normalized spacial score (nSPS) is 12.0. The second-order valence-corrected chi connectivity index (χ2v) is 8.04. The fourth-order valence-corrected chi connectivity index (χ4v) is 3.49. The summed E-state index contributed by atoms with van der Waals surface area (Å²) in [5.74, 6) is -0.556. The highest BCUT2D eigenvalue weighted by Crippen LogP contribution is 2.27. The molecule has 33 heavy (non-hydrogen) atoms. The lowest BCUT2D eigenvalue weighted by molar-refractivity contribution is 0.0698. The number of benzene rings is 2. The van der Waals surface area contributed by atoms with Crippen molar-refractivity contribution in [2.24, 2.45) is 0 Å². The van der Waals surface area contributed by atoms with E-state index in [1.165, 1.54) is 12.4 Å². The van der Waals surface area contributed by atoms with Gasteiger partial charge in [-0.25, -0.2) is 14.8 Å². The molecule has 2 aromatic carbocycles. The molecule has 0 aliphatic carbocycles. The van der Waals surface area contributed by atoms with E-state index in [9.17, 15) is 14.7 Å². The zero-order chi connectivity index (χ0) is 23.5. The molecule has 168 valence electrons. The van der Waals surface area contributed by atoms with Gasteiger partial charge < -0.3 is 15.7 Å². The molecular weight excluding hydrogens is 420 g/mol. The van der Waals surface area contributed by atoms with Crippen molar-refractivity contribution in [1.29, 1.82) is 0 Å². The second-order valence-electron chi connectivity index (χ2n) is 8.04. The minimum atomic E-state index is -1.04. The Kier molecular flexibility index (Phi) is 6.03. The summed E-state index contributed by atoms with van der Waals surface area (Å²) in [6.07, 6.45) is 1.34. The highest BCUT2D eigenvalue weighted by Gasteiger charge is 2.16. The van der Waals surface area contributed by atoms with Gasteiger partial charge in [0, 0.05) is 16.8 Å². The first-order valence-electron chi connectivity index (χ1n) is 10.5. The van der Waals surface area contributed by atoms with Gasteiger partial charge in [-0.15, -0.1) is 0 Å². The van der Waals surface area contributed by atoms with Gasteiger partial charge >= 0.3 is 5.97 Å². The van der Waals surface area contributed by atoms with Gasteiger partial charge in [-0.2, -0.15) is 5.10 Å². The quantitative estimate of drug-likeness (QED) is 0.327. The smallest absolute Gasteiger partial charge is 0.337 e. The minimum absolute atomic E-state index is 0.120. The Hall–Kier alpha value is -4.27. The number of hydrogen-bond donors (Lipinski definition) is 4. The number of H-pyrrole nitrogens is 1. The average Bonchev–Trinajstić information content (AvgIpc) is 3.30. The van der Waals surface area contributed by atoms with Gasteiger partial charge in [0.2, 0.25) is 0 Å². The third-order valence-electron chi connectivity index (χ3n) is 5.35. The van der Waals surface area contributed by atoms with Gasteiger partial charge in [-0.3, -0.25) is 9.89 Å². The maximum Gasteiger partial charge on any atom is 0.337 e. The molecule has 1 atom stereocenters. The number of aromatic nitrogens is 4. The largest absolute Gasteiger partial charge is 0.478 e. The Bertz CT molecular complexity index is 1330. The van der Waals surface area contributed by atoms with E-state index < -0.39 is 5.97 Å². The number of fused-ring (bicyclic) bond motifs is 1. The van der Waals surface area contributed by atoms with E-state index in [-0.39, 0.29) is 23.4 Å². The first-order valence-corrected chi connectivity index (χ1v) is 10.5. The summed E-state index contributed by atoms with van der Waals surface area (Å²) >= 11 is 0.